The van der Waals surface area contributed by atoms with Gasteiger partial charge in [-0.25, -0.2) is 0 Å². The fourth-order valence-electron chi connectivity index (χ4n) is 4.44. The van der Waals surface area contributed by atoms with E-state index in [9.17, 15) is 20.1 Å². The van der Waals surface area contributed by atoms with Gasteiger partial charge in [-0.05, 0) is 67.8 Å². The van der Waals surface area contributed by atoms with Crippen LogP contribution in [0.15, 0.2) is 66.7 Å². The Morgan fingerprint density at radius 3 is 2.66 bits per heavy atom. The molecule has 38 heavy (non-hydrogen) atoms. The second kappa shape index (κ2) is 12.6. The first-order valence-corrected chi connectivity index (χ1v) is 12.8. The van der Waals surface area contributed by atoms with Crippen molar-refractivity contribution in [2.75, 3.05) is 13.2 Å². The smallest absolute Gasteiger partial charge is 0.267 e. The molecule has 0 spiro atoms. The van der Waals surface area contributed by atoms with Crippen molar-refractivity contribution in [2.24, 2.45) is 0 Å². The lowest BCUT2D eigenvalue weighted by atomic mass is 10.0. The van der Waals surface area contributed by atoms with E-state index in [0.717, 1.165) is 34.2 Å². The molecule has 4 aromatic rings. The first kappa shape index (κ1) is 27.2. The van der Waals surface area contributed by atoms with E-state index in [-0.39, 0.29) is 24.3 Å². The number of phenols is 1. The highest BCUT2D eigenvalue weighted by Crippen LogP contribution is 2.23. The number of carbonyl (C=O) groups is 1. The average molecular weight is 518 g/mol. The van der Waals surface area contributed by atoms with Crippen LogP contribution in [-0.4, -0.2) is 45.4 Å². The Morgan fingerprint density at radius 1 is 1.05 bits per heavy atom. The molecule has 3 aromatic carbocycles. The van der Waals surface area contributed by atoms with E-state index in [1.54, 1.807) is 12.1 Å². The number of carbonyl (C=O) groups excluding carboxylic acids is 1. The molecule has 0 saturated heterocycles. The van der Waals surface area contributed by atoms with E-state index in [2.05, 4.69) is 21.7 Å². The number of para-hydroxylation sites is 1. The second-order valence-corrected chi connectivity index (χ2v) is 9.40. The molecule has 0 aliphatic carbocycles. The normalized spacial score (nSPS) is 12.8. The molecule has 1 heterocycles. The second-order valence-electron chi connectivity index (χ2n) is 9.40. The van der Waals surface area contributed by atoms with E-state index >= 15 is 0 Å². The lowest BCUT2D eigenvalue weighted by molar-refractivity contribution is 0.0946. The zero-order chi connectivity index (χ0) is 27.1. The molecular formula is C30H35N3O5. The third-order valence-electron chi connectivity index (χ3n) is 6.50. The monoisotopic (exact) mass is 517 g/mol. The van der Waals surface area contributed by atoms with Crippen LogP contribution in [0.5, 0.6) is 11.5 Å². The van der Waals surface area contributed by atoms with Gasteiger partial charge < -0.3 is 35.7 Å². The van der Waals surface area contributed by atoms with Gasteiger partial charge in [0.1, 0.15) is 17.2 Å². The third kappa shape index (κ3) is 6.72. The maximum absolute atomic E-state index is 12.8. The molecule has 0 aliphatic rings. The Balaban J connectivity index is 1.33. The molecule has 1 unspecified atom stereocenters. The molecule has 0 fully saturated rings. The molecular weight excluding hydrogens is 482 g/mol. The standard InChI is InChI=1S/C30H35N3O5/c1-3-38-29-7-5-4-6-22(29)16-32-30(37)26-15-23-13-20(8-10-25(23)33-26)12-19(2)31-17-28(36)21-9-11-27(35)24(14-21)18-34/h4-11,13-15,19,28,31,33-36H,3,12,16-18H2,1-2H3,(H,32,37)/t19?,28-/m0/s1. The van der Waals surface area contributed by atoms with Crippen molar-refractivity contribution in [3.63, 3.8) is 0 Å². The van der Waals surface area contributed by atoms with Gasteiger partial charge in [-0.3, -0.25) is 4.79 Å². The van der Waals surface area contributed by atoms with Crippen LogP contribution in [0.2, 0.25) is 0 Å². The number of nitrogens with one attached hydrogen (secondary N) is 3. The molecule has 0 radical (unpaired) electrons. The van der Waals surface area contributed by atoms with E-state index in [1.807, 2.05) is 56.3 Å². The van der Waals surface area contributed by atoms with E-state index in [4.69, 9.17) is 4.74 Å². The van der Waals surface area contributed by atoms with Crippen molar-refractivity contribution in [3.8, 4) is 11.5 Å². The van der Waals surface area contributed by atoms with Gasteiger partial charge in [0.05, 0.1) is 19.3 Å². The molecule has 2 atom stereocenters. The summed E-state index contributed by atoms with van der Waals surface area (Å²) in [6.07, 6.45) is -0.0294. The molecule has 6 N–H and O–H groups in total. The number of aromatic nitrogens is 1. The van der Waals surface area contributed by atoms with Crippen LogP contribution < -0.4 is 15.4 Å². The van der Waals surface area contributed by atoms with Gasteiger partial charge in [0.15, 0.2) is 0 Å². The highest BCUT2D eigenvalue weighted by molar-refractivity contribution is 5.98. The molecule has 1 aromatic heterocycles. The lowest BCUT2D eigenvalue weighted by Crippen LogP contribution is -2.32. The number of aliphatic hydroxyl groups is 2. The Morgan fingerprint density at radius 2 is 1.87 bits per heavy atom. The van der Waals surface area contributed by atoms with Gasteiger partial charge in [-0.1, -0.05) is 30.3 Å². The Labute approximate surface area is 222 Å². The zero-order valence-electron chi connectivity index (χ0n) is 21.7. The highest BCUT2D eigenvalue weighted by atomic mass is 16.5. The van der Waals surface area contributed by atoms with E-state index < -0.39 is 6.10 Å². The quantitative estimate of drug-likeness (QED) is 0.169. The van der Waals surface area contributed by atoms with E-state index in [1.165, 1.54) is 6.07 Å². The summed E-state index contributed by atoms with van der Waals surface area (Å²) in [6.45, 7) is 4.95. The number of hydrogen-bond acceptors (Lipinski definition) is 6. The molecule has 200 valence electrons. The van der Waals surface area contributed by atoms with Crippen LogP contribution in [-0.2, 0) is 19.6 Å². The number of ether oxygens (including phenoxy) is 1. The van der Waals surface area contributed by atoms with Crippen LogP contribution in [0.25, 0.3) is 10.9 Å². The van der Waals surface area contributed by atoms with Crippen LogP contribution in [0.4, 0.5) is 0 Å². The lowest BCUT2D eigenvalue weighted by Gasteiger charge is -2.18. The number of H-pyrrole nitrogens is 1. The summed E-state index contributed by atoms with van der Waals surface area (Å²) in [6, 6.07) is 20.4. The Bertz CT molecular complexity index is 1380. The summed E-state index contributed by atoms with van der Waals surface area (Å²) < 4.78 is 5.64. The van der Waals surface area contributed by atoms with Crippen LogP contribution >= 0.6 is 0 Å². The first-order chi connectivity index (χ1) is 18.4. The molecule has 1 amide bonds. The minimum absolute atomic E-state index is 0.0115. The van der Waals surface area contributed by atoms with Crippen molar-refractivity contribution >= 4 is 16.8 Å². The molecule has 4 rings (SSSR count). The largest absolute Gasteiger partial charge is 0.508 e. The highest BCUT2D eigenvalue weighted by Gasteiger charge is 2.14. The topological polar surface area (TPSA) is 127 Å². The van der Waals surface area contributed by atoms with Gasteiger partial charge >= 0.3 is 0 Å². The number of benzene rings is 3. The van der Waals surface area contributed by atoms with Crippen LogP contribution in [0.3, 0.4) is 0 Å². The summed E-state index contributed by atoms with van der Waals surface area (Å²) in [7, 11) is 0. The molecule has 0 aliphatic heterocycles. The number of fused-ring (bicyclic) bond motifs is 1. The zero-order valence-corrected chi connectivity index (χ0v) is 21.7. The summed E-state index contributed by atoms with van der Waals surface area (Å²) in [5, 5.41) is 36.8. The number of aliphatic hydroxyl groups excluding tert-OH is 2. The molecule has 0 bridgehead atoms. The summed E-state index contributed by atoms with van der Waals surface area (Å²) in [4.78, 5) is 16.0. The summed E-state index contributed by atoms with van der Waals surface area (Å²) in [5.41, 5.74) is 4.43. The van der Waals surface area contributed by atoms with Gasteiger partial charge in [-0.2, -0.15) is 0 Å². The van der Waals surface area contributed by atoms with Crippen molar-refractivity contribution in [1.82, 2.24) is 15.6 Å². The van der Waals surface area contributed by atoms with Gasteiger partial charge in [0.2, 0.25) is 0 Å². The minimum Gasteiger partial charge on any atom is -0.508 e. The molecule has 0 saturated carbocycles. The maximum atomic E-state index is 12.8. The fourth-order valence-corrected chi connectivity index (χ4v) is 4.44. The predicted molar refractivity (Wildman–Crippen MR) is 147 cm³/mol. The third-order valence-corrected chi connectivity index (χ3v) is 6.50. The van der Waals surface area contributed by atoms with Crippen LogP contribution in [0.1, 0.15) is 52.7 Å². The average Bonchev–Trinajstić information content (AvgIpc) is 3.35. The van der Waals surface area contributed by atoms with Crippen molar-refractivity contribution in [1.29, 1.82) is 0 Å². The number of amides is 1. The number of aromatic hydroxyl groups is 1. The minimum atomic E-state index is -0.767. The molecule has 8 nitrogen and oxygen atoms in total. The predicted octanol–water partition coefficient (Wildman–Crippen LogP) is 3.95. The first-order valence-electron chi connectivity index (χ1n) is 12.8. The van der Waals surface area contributed by atoms with Crippen LogP contribution in [0, 0.1) is 0 Å². The number of hydrogen-bond donors (Lipinski definition) is 6. The van der Waals surface area contributed by atoms with E-state index in [0.29, 0.717) is 36.5 Å². The fraction of sp³-hybridized carbons (Fsp3) is 0.300. The van der Waals surface area contributed by atoms with Crippen molar-refractivity contribution in [3.05, 3.63) is 94.7 Å². The summed E-state index contributed by atoms with van der Waals surface area (Å²) >= 11 is 0. The van der Waals surface area contributed by atoms with Gasteiger partial charge in [0.25, 0.3) is 5.91 Å². The Hall–Kier alpha value is -3.85. The number of rotatable bonds is 12. The molecule has 8 heteroatoms. The number of aromatic amines is 1. The summed E-state index contributed by atoms with van der Waals surface area (Å²) in [5.74, 6) is 0.596. The SMILES string of the molecule is CCOc1ccccc1CNC(=O)c1cc2cc(CC(C)NC[C@H](O)c3ccc(O)c(CO)c3)ccc2[nH]1. The van der Waals surface area contributed by atoms with Gasteiger partial charge in [0, 0.05) is 41.2 Å². The van der Waals surface area contributed by atoms with Crippen molar-refractivity contribution < 1.29 is 24.9 Å². The Kier molecular flexibility index (Phi) is 9.02. The van der Waals surface area contributed by atoms with Gasteiger partial charge in [-0.15, -0.1) is 0 Å². The van der Waals surface area contributed by atoms with Crippen molar-refractivity contribution in [2.45, 2.75) is 45.6 Å². The maximum Gasteiger partial charge on any atom is 0.267 e.